The average Bonchev–Trinajstić information content (AvgIpc) is 2.01. The van der Waals surface area contributed by atoms with Crippen molar-refractivity contribution < 1.29 is 5.11 Å². The SMILES string of the molecule is Oc1cccc(CCNCl)c1. The number of phenolic OH excluding ortho intramolecular Hbond substituents is 1. The van der Waals surface area contributed by atoms with Crippen molar-refractivity contribution in [2.24, 2.45) is 0 Å². The fourth-order valence-corrected chi connectivity index (χ4v) is 0.998. The first kappa shape index (κ1) is 8.37. The Morgan fingerprint density at radius 1 is 1.45 bits per heavy atom. The molecule has 1 rings (SSSR count). The second-order valence-electron chi connectivity index (χ2n) is 2.30. The molecule has 0 unspecified atom stereocenters. The Balaban J connectivity index is 2.56. The summed E-state index contributed by atoms with van der Waals surface area (Å²) < 4.78 is 0. The number of phenols is 1. The van der Waals surface area contributed by atoms with E-state index >= 15 is 0 Å². The van der Waals surface area contributed by atoms with Gasteiger partial charge in [0.15, 0.2) is 0 Å². The third-order valence-electron chi connectivity index (χ3n) is 1.42. The van der Waals surface area contributed by atoms with E-state index in [1.165, 1.54) is 0 Å². The lowest BCUT2D eigenvalue weighted by Crippen LogP contribution is -2.03. The van der Waals surface area contributed by atoms with Crippen molar-refractivity contribution in [1.82, 2.24) is 4.84 Å². The number of rotatable bonds is 3. The predicted octanol–water partition coefficient (Wildman–Crippen LogP) is 1.68. The van der Waals surface area contributed by atoms with Gasteiger partial charge in [-0.3, -0.25) is 0 Å². The highest BCUT2D eigenvalue weighted by molar-refractivity contribution is 6.13. The Bertz CT molecular complexity index is 227. The van der Waals surface area contributed by atoms with E-state index in [0.717, 1.165) is 12.0 Å². The minimum Gasteiger partial charge on any atom is -0.508 e. The normalized spacial score (nSPS) is 9.91. The number of aromatic hydroxyl groups is 1. The first-order chi connectivity index (χ1) is 5.33. The van der Waals surface area contributed by atoms with Crippen LogP contribution < -0.4 is 4.84 Å². The Morgan fingerprint density at radius 3 is 2.91 bits per heavy atom. The smallest absolute Gasteiger partial charge is 0.115 e. The van der Waals surface area contributed by atoms with E-state index in [4.69, 9.17) is 16.9 Å². The summed E-state index contributed by atoms with van der Waals surface area (Å²) in [5.41, 5.74) is 1.08. The number of nitrogens with one attached hydrogen (secondary N) is 1. The second kappa shape index (κ2) is 4.21. The van der Waals surface area contributed by atoms with Gasteiger partial charge in [-0.15, -0.1) is 0 Å². The molecule has 0 saturated heterocycles. The van der Waals surface area contributed by atoms with E-state index in [1.54, 1.807) is 12.1 Å². The molecule has 0 aliphatic carbocycles. The Morgan fingerprint density at radius 2 is 2.27 bits per heavy atom. The van der Waals surface area contributed by atoms with Gasteiger partial charge in [0, 0.05) is 6.54 Å². The van der Waals surface area contributed by atoms with Crippen molar-refractivity contribution >= 4 is 11.8 Å². The largest absolute Gasteiger partial charge is 0.508 e. The lowest BCUT2D eigenvalue weighted by molar-refractivity contribution is 0.474. The van der Waals surface area contributed by atoms with Crippen LogP contribution in [0.3, 0.4) is 0 Å². The van der Waals surface area contributed by atoms with E-state index in [9.17, 15) is 0 Å². The first-order valence-electron chi connectivity index (χ1n) is 3.44. The molecule has 0 atom stereocenters. The van der Waals surface area contributed by atoms with Crippen LogP contribution in [0.5, 0.6) is 5.75 Å². The van der Waals surface area contributed by atoms with Gasteiger partial charge < -0.3 is 5.11 Å². The highest BCUT2D eigenvalue weighted by Gasteiger charge is 1.92. The lowest BCUT2D eigenvalue weighted by atomic mass is 10.1. The summed E-state index contributed by atoms with van der Waals surface area (Å²) >= 11 is 5.28. The number of halogens is 1. The summed E-state index contributed by atoms with van der Waals surface area (Å²) in [6.07, 6.45) is 0.831. The molecular weight excluding hydrogens is 162 g/mol. The molecule has 0 heterocycles. The van der Waals surface area contributed by atoms with Crippen molar-refractivity contribution in [3.8, 4) is 5.75 Å². The van der Waals surface area contributed by atoms with Gasteiger partial charge >= 0.3 is 0 Å². The molecule has 11 heavy (non-hydrogen) atoms. The topological polar surface area (TPSA) is 32.3 Å². The van der Waals surface area contributed by atoms with Crippen LogP contribution in [0.1, 0.15) is 5.56 Å². The number of hydrogen-bond acceptors (Lipinski definition) is 2. The highest BCUT2D eigenvalue weighted by atomic mass is 35.5. The molecule has 0 radical (unpaired) electrons. The fourth-order valence-electron chi connectivity index (χ4n) is 0.904. The summed E-state index contributed by atoms with van der Waals surface area (Å²) in [5, 5.41) is 9.06. The molecule has 0 aromatic heterocycles. The molecule has 0 aliphatic rings. The van der Waals surface area contributed by atoms with Crippen LogP contribution in [0.15, 0.2) is 24.3 Å². The zero-order valence-electron chi connectivity index (χ0n) is 6.05. The highest BCUT2D eigenvalue weighted by Crippen LogP contribution is 2.10. The third kappa shape index (κ3) is 2.78. The molecule has 2 N–H and O–H groups in total. The van der Waals surface area contributed by atoms with E-state index in [-0.39, 0.29) is 0 Å². The van der Waals surface area contributed by atoms with Gasteiger partial charge in [-0.2, -0.15) is 0 Å². The van der Waals surface area contributed by atoms with Crippen molar-refractivity contribution in [3.05, 3.63) is 29.8 Å². The standard InChI is InChI=1S/C8H10ClNO/c9-10-5-4-7-2-1-3-8(11)6-7/h1-3,6,10-11H,4-5H2. The van der Waals surface area contributed by atoms with E-state index in [1.807, 2.05) is 12.1 Å². The van der Waals surface area contributed by atoms with E-state index in [0.29, 0.717) is 12.3 Å². The minimum atomic E-state index is 0.303. The van der Waals surface area contributed by atoms with Gasteiger partial charge in [0.1, 0.15) is 5.75 Å². The van der Waals surface area contributed by atoms with E-state index in [2.05, 4.69) is 4.84 Å². The first-order valence-corrected chi connectivity index (χ1v) is 3.82. The number of benzene rings is 1. The van der Waals surface area contributed by atoms with Crippen LogP contribution in [0, 0.1) is 0 Å². The zero-order chi connectivity index (χ0) is 8.10. The quantitative estimate of drug-likeness (QED) is 0.679. The molecular formula is C8H10ClNO. The lowest BCUT2D eigenvalue weighted by Gasteiger charge is -1.99. The predicted molar refractivity (Wildman–Crippen MR) is 45.7 cm³/mol. The van der Waals surface area contributed by atoms with Crippen molar-refractivity contribution in [2.45, 2.75) is 6.42 Å². The van der Waals surface area contributed by atoms with Crippen LogP contribution in [0.2, 0.25) is 0 Å². The van der Waals surface area contributed by atoms with Crippen molar-refractivity contribution in [3.63, 3.8) is 0 Å². The van der Waals surface area contributed by atoms with Crippen molar-refractivity contribution in [1.29, 1.82) is 0 Å². The molecule has 0 spiro atoms. The summed E-state index contributed by atoms with van der Waals surface area (Å²) in [5.74, 6) is 0.303. The van der Waals surface area contributed by atoms with Gasteiger partial charge in [0.2, 0.25) is 0 Å². The summed E-state index contributed by atoms with van der Waals surface area (Å²) in [6.45, 7) is 0.713. The van der Waals surface area contributed by atoms with Gasteiger partial charge in [-0.05, 0) is 35.9 Å². The second-order valence-corrected chi connectivity index (χ2v) is 2.57. The van der Waals surface area contributed by atoms with Crippen molar-refractivity contribution in [2.75, 3.05) is 6.54 Å². The maximum absolute atomic E-state index is 9.06. The molecule has 2 nitrogen and oxygen atoms in total. The molecule has 3 heteroatoms. The third-order valence-corrected chi connectivity index (χ3v) is 1.61. The minimum absolute atomic E-state index is 0.303. The molecule has 0 amide bonds. The Labute approximate surface area is 70.9 Å². The van der Waals surface area contributed by atoms with Crippen LogP contribution in [0.25, 0.3) is 0 Å². The maximum Gasteiger partial charge on any atom is 0.115 e. The summed E-state index contributed by atoms with van der Waals surface area (Å²) in [6, 6.07) is 7.15. The molecule has 0 bridgehead atoms. The van der Waals surface area contributed by atoms with Crippen LogP contribution in [-0.4, -0.2) is 11.7 Å². The molecule has 60 valence electrons. The van der Waals surface area contributed by atoms with Gasteiger partial charge in [-0.1, -0.05) is 12.1 Å². The van der Waals surface area contributed by atoms with E-state index < -0.39 is 0 Å². The van der Waals surface area contributed by atoms with Crippen LogP contribution in [0.4, 0.5) is 0 Å². The summed E-state index contributed by atoms with van der Waals surface area (Å²) in [4.78, 5) is 2.53. The molecule has 0 aliphatic heterocycles. The molecule has 0 fully saturated rings. The zero-order valence-corrected chi connectivity index (χ0v) is 6.80. The average molecular weight is 172 g/mol. The Kier molecular flexibility index (Phi) is 3.20. The van der Waals surface area contributed by atoms with Gasteiger partial charge in [0.25, 0.3) is 0 Å². The number of hydrogen-bond donors (Lipinski definition) is 2. The van der Waals surface area contributed by atoms with Gasteiger partial charge in [0.05, 0.1) is 0 Å². The molecule has 0 saturated carbocycles. The van der Waals surface area contributed by atoms with Crippen LogP contribution >= 0.6 is 11.8 Å². The molecule has 1 aromatic carbocycles. The molecule has 1 aromatic rings. The maximum atomic E-state index is 9.06. The summed E-state index contributed by atoms with van der Waals surface area (Å²) in [7, 11) is 0. The van der Waals surface area contributed by atoms with Gasteiger partial charge in [-0.25, -0.2) is 4.84 Å². The monoisotopic (exact) mass is 171 g/mol. The van der Waals surface area contributed by atoms with Crippen LogP contribution in [-0.2, 0) is 6.42 Å². The Hall–Kier alpha value is -0.730. The fraction of sp³-hybridized carbons (Fsp3) is 0.250.